The van der Waals surface area contributed by atoms with Gasteiger partial charge in [-0.15, -0.1) is 5.10 Å². The third kappa shape index (κ3) is 7.32. The van der Waals surface area contributed by atoms with Gasteiger partial charge < -0.3 is 10.2 Å². The van der Waals surface area contributed by atoms with Crippen LogP contribution in [0.4, 0.5) is 0 Å². The molecule has 4 saturated carbocycles. The highest BCUT2D eigenvalue weighted by molar-refractivity contribution is 5.69. The molecule has 7 aliphatic rings. The second-order valence-electron chi connectivity index (χ2n) is 15.7. The minimum Gasteiger partial charge on any atom is -0.480 e. The van der Waals surface area contributed by atoms with Crippen molar-refractivity contribution in [1.82, 2.24) is 44.6 Å². The molecule has 4 aliphatic carbocycles. The van der Waals surface area contributed by atoms with Gasteiger partial charge in [-0.2, -0.15) is 0 Å². The van der Waals surface area contributed by atoms with Gasteiger partial charge in [0.15, 0.2) is 0 Å². The normalized spacial score (nSPS) is 30.4. The van der Waals surface area contributed by atoms with Crippen LogP contribution >= 0.6 is 0 Å². The Balaban J connectivity index is 1.21. The van der Waals surface area contributed by atoms with Crippen molar-refractivity contribution in [3.63, 3.8) is 0 Å². The Morgan fingerprint density at radius 3 is 1.66 bits per heavy atom. The first-order valence-electron chi connectivity index (χ1n) is 18.4. The second kappa shape index (κ2) is 14.1. The summed E-state index contributed by atoms with van der Waals surface area (Å²) in [5, 5.41) is 29.4. The topological polar surface area (TPSA) is 144 Å². The summed E-state index contributed by atoms with van der Waals surface area (Å²) in [7, 11) is 0. The average Bonchev–Trinajstić information content (AvgIpc) is 3.49. The molecule has 0 spiro atoms. The first-order valence-corrected chi connectivity index (χ1v) is 18.4. The van der Waals surface area contributed by atoms with Crippen molar-refractivity contribution in [3.8, 4) is 11.4 Å². The molecular weight excluding hydrogens is 634 g/mol. The molecule has 0 atom stereocenters. The maximum Gasteiger partial charge on any atom is 0.317 e. The Morgan fingerprint density at radius 2 is 1.14 bits per heavy atom. The van der Waals surface area contributed by atoms with E-state index in [4.69, 9.17) is 20.3 Å². The van der Waals surface area contributed by atoms with E-state index in [9.17, 15) is 19.8 Å². The molecule has 3 aliphatic heterocycles. The van der Waals surface area contributed by atoms with Gasteiger partial charge >= 0.3 is 11.9 Å². The summed E-state index contributed by atoms with van der Waals surface area (Å²) < 4.78 is 2.04. The first-order chi connectivity index (χ1) is 24.3. The third-order valence-corrected chi connectivity index (χ3v) is 11.9. The minimum atomic E-state index is -0.839. The van der Waals surface area contributed by atoms with E-state index in [1.54, 1.807) is 0 Å². The molecule has 0 amide bonds. The van der Waals surface area contributed by atoms with Gasteiger partial charge in [-0.3, -0.25) is 34.2 Å². The number of nitrogens with zero attached hydrogens (tertiary/aromatic N) is 9. The van der Waals surface area contributed by atoms with Crippen LogP contribution in [-0.4, -0.2) is 132 Å². The number of fused-ring (bicyclic) bond motifs is 8. The van der Waals surface area contributed by atoms with Crippen LogP contribution in [0.5, 0.6) is 0 Å². The van der Waals surface area contributed by atoms with Gasteiger partial charge in [0.2, 0.25) is 0 Å². The van der Waals surface area contributed by atoms with Crippen molar-refractivity contribution in [2.24, 2.45) is 17.8 Å². The molecule has 10 rings (SSSR count). The quantitative estimate of drug-likeness (QED) is 0.408. The number of aliphatic carboxylic acids is 2. The predicted molar refractivity (Wildman–Crippen MR) is 185 cm³/mol. The molecule has 0 radical (unpaired) electrons. The monoisotopic (exact) mass is 683 g/mol. The molecule has 5 fully saturated rings. The van der Waals surface area contributed by atoms with Gasteiger partial charge in [-0.1, -0.05) is 17.3 Å². The standard InChI is InChI=1S/C37H49N9O4/c47-33(48)24-44-11-7-42-8-12-45(25-34(49)50)14-10-43(9-13-44)22-30-5-2-6-32(39-30)35-36(37-18-26-15-27(19-37)17-28(16-26)20-37)40-41-46(35)23-31-4-1-3-29(21-42)38-31/h1-6,26-28H,7-25H2,(H,47,48)(H,49,50). The summed E-state index contributed by atoms with van der Waals surface area (Å²) in [6.07, 6.45) is 7.61. The van der Waals surface area contributed by atoms with Crippen molar-refractivity contribution < 1.29 is 19.8 Å². The van der Waals surface area contributed by atoms with Crippen molar-refractivity contribution in [1.29, 1.82) is 0 Å². The molecule has 0 aromatic carbocycles. The highest BCUT2D eigenvalue weighted by Crippen LogP contribution is 2.61. The van der Waals surface area contributed by atoms with Crippen molar-refractivity contribution in [3.05, 3.63) is 59.2 Å². The van der Waals surface area contributed by atoms with E-state index in [1.165, 1.54) is 38.5 Å². The Kier molecular flexibility index (Phi) is 9.40. The number of hydrogen-bond donors (Lipinski definition) is 2. The lowest BCUT2D eigenvalue weighted by molar-refractivity contribution is -0.139. The van der Waals surface area contributed by atoms with Crippen LogP contribution in [0.2, 0.25) is 0 Å². The van der Waals surface area contributed by atoms with Crippen LogP contribution < -0.4 is 0 Å². The summed E-state index contributed by atoms with van der Waals surface area (Å²) in [4.78, 5) is 42.8. The van der Waals surface area contributed by atoms with E-state index in [0.29, 0.717) is 72.0 Å². The molecule has 13 nitrogen and oxygen atoms in total. The minimum absolute atomic E-state index is 0.0294. The van der Waals surface area contributed by atoms with Crippen molar-refractivity contribution >= 4 is 11.9 Å². The van der Waals surface area contributed by atoms with Crippen molar-refractivity contribution in [2.45, 2.75) is 63.6 Å². The summed E-state index contributed by atoms with van der Waals surface area (Å²) in [5.74, 6) is 0.633. The number of carbonyl (C=O) groups is 2. The zero-order chi connectivity index (χ0) is 34.2. The highest BCUT2D eigenvalue weighted by atomic mass is 16.4. The summed E-state index contributed by atoms with van der Waals surface area (Å²) in [5.41, 5.74) is 5.77. The maximum absolute atomic E-state index is 11.9. The molecule has 1 saturated heterocycles. The molecular formula is C37H49N9O4. The lowest BCUT2D eigenvalue weighted by Gasteiger charge is -2.56. The van der Waals surface area contributed by atoms with Crippen LogP contribution in [0, 0.1) is 17.8 Å². The lowest BCUT2D eigenvalue weighted by atomic mass is 9.48. The molecule has 6 heterocycles. The molecule has 0 unspecified atom stereocenters. The highest BCUT2D eigenvalue weighted by Gasteiger charge is 2.54. The fourth-order valence-corrected chi connectivity index (χ4v) is 10.0. The second-order valence-corrected chi connectivity index (χ2v) is 15.7. The van der Waals surface area contributed by atoms with E-state index in [1.807, 2.05) is 32.7 Å². The number of pyridine rings is 2. The Morgan fingerprint density at radius 1 is 0.660 bits per heavy atom. The van der Waals surface area contributed by atoms with Crippen LogP contribution in [0.15, 0.2) is 36.4 Å². The van der Waals surface area contributed by atoms with Gasteiger partial charge in [0.25, 0.3) is 0 Å². The lowest BCUT2D eigenvalue weighted by Crippen LogP contribution is -2.49. The van der Waals surface area contributed by atoms with Gasteiger partial charge in [-0.25, -0.2) is 9.67 Å². The molecule has 13 heteroatoms. The molecule has 10 bridgehead atoms. The number of aromatic nitrogens is 5. The maximum atomic E-state index is 11.9. The van der Waals surface area contributed by atoms with Gasteiger partial charge in [0.1, 0.15) is 5.69 Å². The third-order valence-electron chi connectivity index (χ3n) is 11.9. The zero-order valence-electron chi connectivity index (χ0n) is 28.9. The summed E-state index contributed by atoms with van der Waals surface area (Å²) in [6.45, 7) is 6.48. The van der Waals surface area contributed by atoms with E-state index < -0.39 is 11.9 Å². The fraction of sp³-hybridized carbons (Fsp3) is 0.622. The van der Waals surface area contributed by atoms with Crippen LogP contribution in [0.25, 0.3) is 11.4 Å². The number of carboxylic acid groups (broad SMARTS) is 2. The Labute approximate surface area is 293 Å². The van der Waals surface area contributed by atoms with Crippen LogP contribution in [-0.2, 0) is 34.6 Å². The number of carboxylic acids is 2. The fourth-order valence-electron chi connectivity index (χ4n) is 10.0. The number of rotatable bonds is 5. The average molecular weight is 684 g/mol. The van der Waals surface area contributed by atoms with E-state index in [-0.39, 0.29) is 18.5 Å². The van der Waals surface area contributed by atoms with Gasteiger partial charge in [0.05, 0.1) is 48.1 Å². The van der Waals surface area contributed by atoms with E-state index in [0.717, 1.165) is 51.9 Å². The van der Waals surface area contributed by atoms with Crippen LogP contribution in [0.3, 0.4) is 0 Å². The number of hydrogen-bond acceptors (Lipinski definition) is 10. The Hall–Kier alpha value is -3.78. The Bertz CT molecular complexity index is 1640. The SMILES string of the molecule is O=C(O)CN1CCN2CCN(CC(=O)O)CCN(CC1)Cc1cccc(n1)-c1c(C34CC5CC(CC(C5)C3)C4)nnn1Cc1cccc(n1)C2. The van der Waals surface area contributed by atoms with Crippen LogP contribution in [0.1, 0.15) is 61.3 Å². The largest absolute Gasteiger partial charge is 0.480 e. The van der Waals surface area contributed by atoms with E-state index in [2.05, 4.69) is 28.0 Å². The molecule has 50 heavy (non-hydrogen) atoms. The molecule has 3 aromatic rings. The molecule has 3 aromatic heterocycles. The molecule has 2 N–H and O–H groups in total. The smallest absolute Gasteiger partial charge is 0.317 e. The van der Waals surface area contributed by atoms with E-state index >= 15 is 0 Å². The van der Waals surface area contributed by atoms with Gasteiger partial charge in [-0.05, 0) is 80.5 Å². The summed E-state index contributed by atoms with van der Waals surface area (Å²) in [6, 6.07) is 12.4. The molecule has 266 valence electrons. The van der Waals surface area contributed by atoms with Crippen molar-refractivity contribution in [2.75, 3.05) is 65.4 Å². The zero-order valence-corrected chi connectivity index (χ0v) is 28.9. The predicted octanol–water partition coefficient (Wildman–Crippen LogP) is 2.66. The first kappa shape index (κ1) is 33.4. The summed E-state index contributed by atoms with van der Waals surface area (Å²) >= 11 is 0. The van der Waals surface area contributed by atoms with Gasteiger partial charge in [0, 0.05) is 70.9 Å².